The molecule has 2 N–H and O–H groups in total. The number of aliphatic imine (C=N–C) groups is 1. The van der Waals surface area contributed by atoms with E-state index >= 15 is 0 Å². The molecule has 1 aliphatic carbocycles. The average Bonchev–Trinajstić information content (AvgIpc) is 3.21. The Morgan fingerprint density at radius 1 is 1.30 bits per heavy atom. The van der Waals surface area contributed by atoms with Crippen molar-refractivity contribution in [1.29, 1.82) is 0 Å². The third-order valence-electron chi connectivity index (χ3n) is 5.23. The second kappa shape index (κ2) is 10.1. The summed E-state index contributed by atoms with van der Waals surface area (Å²) >= 11 is 0. The van der Waals surface area contributed by atoms with Crippen LogP contribution < -0.4 is 10.6 Å². The summed E-state index contributed by atoms with van der Waals surface area (Å²) in [5.41, 5.74) is 1.13. The molecule has 2 heterocycles. The minimum absolute atomic E-state index is 0.625. The number of nitrogens with zero attached hydrogens (tertiary/aromatic N) is 4. The summed E-state index contributed by atoms with van der Waals surface area (Å²) in [7, 11) is 0. The lowest BCUT2D eigenvalue weighted by molar-refractivity contribution is 0.270. The van der Waals surface area contributed by atoms with Crippen molar-refractivity contribution in [2.45, 2.75) is 52.5 Å². The zero-order chi connectivity index (χ0) is 18.9. The van der Waals surface area contributed by atoms with E-state index in [0.29, 0.717) is 6.54 Å². The summed E-state index contributed by atoms with van der Waals surface area (Å²) in [5.74, 6) is 3.51. The van der Waals surface area contributed by atoms with Gasteiger partial charge in [-0.25, -0.2) is 15.0 Å². The highest BCUT2D eigenvalue weighted by Gasteiger charge is 2.18. The topological polar surface area (TPSA) is 67.1 Å². The fourth-order valence-corrected chi connectivity index (χ4v) is 3.82. The second-order valence-electron chi connectivity index (χ2n) is 7.54. The van der Waals surface area contributed by atoms with Crippen LogP contribution in [0.1, 0.15) is 51.5 Å². The molecule has 2 aromatic heterocycles. The molecule has 2 atom stereocenters. The lowest BCUT2D eigenvalue weighted by Gasteiger charge is -2.26. The number of hydrogen-bond donors (Lipinski definition) is 2. The first-order chi connectivity index (χ1) is 13.2. The van der Waals surface area contributed by atoms with E-state index in [2.05, 4.69) is 40.5 Å². The van der Waals surface area contributed by atoms with Crippen LogP contribution in [0, 0.1) is 11.8 Å². The summed E-state index contributed by atoms with van der Waals surface area (Å²) in [4.78, 5) is 13.2. The second-order valence-corrected chi connectivity index (χ2v) is 7.54. The van der Waals surface area contributed by atoms with Crippen molar-refractivity contribution in [2.24, 2.45) is 16.8 Å². The molecule has 0 aromatic carbocycles. The molecular weight excluding hydrogens is 336 g/mol. The van der Waals surface area contributed by atoms with E-state index in [1.165, 1.54) is 32.1 Å². The number of guanidine groups is 1. The fourth-order valence-electron chi connectivity index (χ4n) is 3.82. The van der Waals surface area contributed by atoms with Crippen LogP contribution in [0.2, 0.25) is 0 Å². The molecule has 0 aliphatic heterocycles. The lowest BCUT2D eigenvalue weighted by atomic mass is 9.81. The van der Waals surface area contributed by atoms with E-state index in [0.717, 1.165) is 42.3 Å². The predicted molar refractivity (Wildman–Crippen MR) is 110 cm³/mol. The zero-order valence-corrected chi connectivity index (χ0v) is 16.6. The van der Waals surface area contributed by atoms with Gasteiger partial charge in [0.2, 0.25) is 0 Å². The maximum Gasteiger partial charge on any atom is 0.191 e. The molecule has 27 heavy (non-hydrogen) atoms. The van der Waals surface area contributed by atoms with Gasteiger partial charge in [0.15, 0.2) is 5.96 Å². The van der Waals surface area contributed by atoms with Gasteiger partial charge < -0.3 is 10.6 Å². The number of imidazole rings is 1. The van der Waals surface area contributed by atoms with Gasteiger partial charge in [-0.2, -0.15) is 0 Å². The molecule has 6 nitrogen and oxygen atoms in total. The van der Waals surface area contributed by atoms with Crippen LogP contribution in [0.3, 0.4) is 0 Å². The summed E-state index contributed by atoms with van der Waals surface area (Å²) in [6, 6.07) is 4.06. The largest absolute Gasteiger partial charge is 0.357 e. The van der Waals surface area contributed by atoms with E-state index in [4.69, 9.17) is 4.99 Å². The van der Waals surface area contributed by atoms with Crippen molar-refractivity contribution >= 4 is 5.96 Å². The molecular formula is C21H32N6. The van der Waals surface area contributed by atoms with Gasteiger partial charge >= 0.3 is 0 Å². The van der Waals surface area contributed by atoms with Crippen molar-refractivity contribution in [3.63, 3.8) is 0 Å². The number of pyridine rings is 1. The Morgan fingerprint density at radius 3 is 3.00 bits per heavy atom. The standard InChI is InChI=1S/C21H32N6/c1-3-23-21(25-10-7-18-6-4-5-17(2)13-18)26-15-19-8-9-24-20(14-19)27-12-11-22-16-27/h8-9,11-12,14,16-18H,3-7,10,13,15H2,1-2H3,(H2,23,25,26). The number of rotatable bonds is 7. The first-order valence-corrected chi connectivity index (χ1v) is 10.2. The summed E-state index contributed by atoms with van der Waals surface area (Å²) < 4.78 is 1.90. The third-order valence-corrected chi connectivity index (χ3v) is 5.23. The third kappa shape index (κ3) is 6.08. The van der Waals surface area contributed by atoms with Crippen molar-refractivity contribution in [1.82, 2.24) is 25.2 Å². The molecule has 1 aliphatic rings. The Labute approximate surface area is 162 Å². The number of nitrogens with one attached hydrogen (secondary N) is 2. The molecule has 0 amide bonds. The highest BCUT2D eigenvalue weighted by molar-refractivity contribution is 5.79. The van der Waals surface area contributed by atoms with Gasteiger partial charge in [-0.05, 0) is 49.3 Å². The monoisotopic (exact) mass is 368 g/mol. The van der Waals surface area contributed by atoms with Crippen LogP contribution in [0.15, 0.2) is 42.0 Å². The van der Waals surface area contributed by atoms with Crippen LogP contribution in [-0.4, -0.2) is 33.6 Å². The normalized spacial score (nSPS) is 20.4. The van der Waals surface area contributed by atoms with Gasteiger partial charge in [0.1, 0.15) is 12.1 Å². The van der Waals surface area contributed by atoms with Crippen LogP contribution >= 0.6 is 0 Å². The highest BCUT2D eigenvalue weighted by atomic mass is 15.2. The van der Waals surface area contributed by atoms with Gasteiger partial charge in [-0.15, -0.1) is 0 Å². The first kappa shape index (κ1) is 19.4. The van der Waals surface area contributed by atoms with Crippen LogP contribution in [0.25, 0.3) is 5.82 Å². The molecule has 146 valence electrons. The van der Waals surface area contributed by atoms with Crippen molar-refractivity contribution in [3.05, 3.63) is 42.6 Å². The molecule has 0 saturated heterocycles. The number of hydrogen-bond acceptors (Lipinski definition) is 3. The Bertz CT molecular complexity index is 709. The zero-order valence-electron chi connectivity index (χ0n) is 16.6. The SMILES string of the molecule is CCNC(=NCc1ccnc(-n2ccnc2)c1)NCCC1CCCC(C)C1. The highest BCUT2D eigenvalue weighted by Crippen LogP contribution is 2.30. The molecule has 6 heteroatoms. The molecule has 2 unspecified atom stereocenters. The average molecular weight is 369 g/mol. The lowest BCUT2D eigenvalue weighted by Crippen LogP contribution is -2.38. The molecule has 1 fully saturated rings. The van der Waals surface area contributed by atoms with Crippen molar-refractivity contribution in [3.8, 4) is 5.82 Å². The summed E-state index contributed by atoms with van der Waals surface area (Å²) in [5, 5.41) is 6.85. The maximum absolute atomic E-state index is 4.75. The van der Waals surface area contributed by atoms with Crippen LogP contribution in [0.5, 0.6) is 0 Å². The molecule has 2 aromatic rings. The van der Waals surface area contributed by atoms with Gasteiger partial charge in [0.05, 0.1) is 6.54 Å². The minimum atomic E-state index is 0.625. The van der Waals surface area contributed by atoms with E-state index < -0.39 is 0 Å². The molecule has 1 saturated carbocycles. The smallest absolute Gasteiger partial charge is 0.191 e. The van der Waals surface area contributed by atoms with Gasteiger partial charge in [-0.1, -0.05) is 26.2 Å². The van der Waals surface area contributed by atoms with Gasteiger partial charge in [-0.3, -0.25) is 4.57 Å². The van der Waals surface area contributed by atoms with E-state index in [-0.39, 0.29) is 0 Å². The minimum Gasteiger partial charge on any atom is -0.357 e. The quantitative estimate of drug-likeness (QED) is 0.579. The Morgan fingerprint density at radius 2 is 2.22 bits per heavy atom. The molecule has 0 radical (unpaired) electrons. The van der Waals surface area contributed by atoms with E-state index in [1.54, 1.807) is 12.5 Å². The Kier molecular flexibility index (Phi) is 7.25. The van der Waals surface area contributed by atoms with E-state index in [9.17, 15) is 0 Å². The molecule has 0 bridgehead atoms. The fraction of sp³-hybridized carbons (Fsp3) is 0.571. The van der Waals surface area contributed by atoms with Crippen molar-refractivity contribution < 1.29 is 0 Å². The molecule has 3 rings (SSSR count). The van der Waals surface area contributed by atoms with Crippen LogP contribution in [0.4, 0.5) is 0 Å². The predicted octanol–water partition coefficient (Wildman–Crippen LogP) is 3.54. The Hall–Kier alpha value is -2.37. The van der Waals surface area contributed by atoms with Gasteiger partial charge in [0, 0.05) is 31.7 Å². The summed E-state index contributed by atoms with van der Waals surface area (Å²) in [6.45, 7) is 6.96. The van der Waals surface area contributed by atoms with Crippen LogP contribution in [-0.2, 0) is 6.54 Å². The first-order valence-electron chi connectivity index (χ1n) is 10.2. The number of aromatic nitrogens is 3. The maximum atomic E-state index is 4.75. The van der Waals surface area contributed by atoms with Gasteiger partial charge in [0.25, 0.3) is 0 Å². The Balaban J connectivity index is 1.53. The molecule has 0 spiro atoms. The van der Waals surface area contributed by atoms with E-state index in [1.807, 2.05) is 23.0 Å². The summed E-state index contributed by atoms with van der Waals surface area (Å²) in [6.07, 6.45) is 14.0. The van der Waals surface area contributed by atoms with Crippen molar-refractivity contribution in [2.75, 3.05) is 13.1 Å².